The average molecular weight is 409 g/mol. The smallest absolute Gasteiger partial charge is 0.101 e. The number of nitrogens with zero attached hydrogens (tertiary/aromatic N) is 2. The van der Waals surface area contributed by atoms with Crippen molar-refractivity contribution in [3.63, 3.8) is 0 Å². The molecule has 0 bridgehead atoms. The first-order valence-electron chi connectivity index (χ1n) is 11.3. The Labute approximate surface area is 182 Å². The van der Waals surface area contributed by atoms with E-state index in [4.69, 9.17) is 5.26 Å². The largest absolute Gasteiger partial charge is 0.294 e. The number of nitriles is 1. The molecule has 0 spiro atoms. The first-order chi connectivity index (χ1) is 14.4. The molecule has 2 aromatic rings. The van der Waals surface area contributed by atoms with Crippen molar-refractivity contribution in [3.8, 4) is 6.07 Å². The molecule has 0 radical (unpaired) electrons. The van der Waals surface area contributed by atoms with Gasteiger partial charge < -0.3 is 0 Å². The Balaban J connectivity index is 0.00000101. The van der Waals surface area contributed by atoms with Crippen molar-refractivity contribution in [1.29, 1.82) is 5.26 Å². The van der Waals surface area contributed by atoms with Crippen LogP contribution >= 0.6 is 0 Å². The van der Waals surface area contributed by atoms with Crippen LogP contribution in [-0.2, 0) is 13.0 Å². The summed E-state index contributed by atoms with van der Waals surface area (Å²) in [6.45, 7) is 9.35. The fraction of sp³-hybridized carbons (Fsp3) is 0.519. The standard InChI is InChI=1S/C25H34FN.C2H3N/c1-19(2)27(18-22-7-5-4-6-8-22)20(3)9-10-21-11-13-23(14-12-21)24-15-16-25(26)17-24;1-2-3/h4-8,11-14,19-20,24-25H,9-10,15-18H2,1-3H3;1H3. The molecule has 0 N–H and O–H groups in total. The predicted octanol–water partition coefficient (Wildman–Crippen LogP) is 7.05. The predicted molar refractivity (Wildman–Crippen MR) is 124 cm³/mol. The fourth-order valence-electron chi connectivity index (χ4n) is 4.37. The van der Waals surface area contributed by atoms with Gasteiger partial charge in [-0.3, -0.25) is 4.90 Å². The number of alkyl halides is 1. The van der Waals surface area contributed by atoms with Crippen LogP contribution < -0.4 is 0 Å². The number of rotatable bonds is 8. The zero-order valence-corrected chi connectivity index (χ0v) is 19.0. The molecule has 0 aliphatic heterocycles. The monoisotopic (exact) mass is 408 g/mol. The van der Waals surface area contributed by atoms with E-state index in [1.165, 1.54) is 23.6 Å². The molecule has 1 aliphatic rings. The molecule has 2 nitrogen and oxygen atoms in total. The van der Waals surface area contributed by atoms with Crippen molar-refractivity contribution in [1.82, 2.24) is 4.90 Å². The first-order valence-corrected chi connectivity index (χ1v) is 11.3. The Hall–Kier alpha value is -2.18. The molecule has 0 heterocycles. The van der Waals surface area contributed by atoms with Crippen molar-refractivity contribution >= 4 is 0 Å². The van der Waals surface area contributed by atoms with E-state index in [9.17, 15) is 4.39 Å². The summed E-state index contributed by atoms with van der Waals surface area (Å²) >= 11 is 0. The van der Waals surface area contributed by atoms with Crippen molar-refractivity contribution in [2.45, 2.75) is 90.5 Å². The maximum absolute atomic E-state index is 13.4. The summed E-state index contributed by atoms with van der Waals surface area (Å²) in [6, 6.07) is 22.5. The van der Waals surface area contributed by atoms with Crippen LogP contribution in [0.1, 0.15) is 76.0 Å². The molecule has 3 atom stereocenters. The quantitative estimate of drug-likeness (QED) is 0.468. The summed E-state index contributed by atoms with van der Waals surface area (Å²) in [7, 11) is 0. The normalized spacial score (nSPS) is 19.3. The van der Waals surface area contributed by atoms with Crippen LogP contribution in [0.5, 0.6) is 0 Å². The van der Waals surface area contributed by atoms with Gasteiger partial charge in [-0.25, -0.2) is 4.39 Å². The molecule has 1 aliphatic carbocycles. The van der Waals surface area contributed by atoms with E-state index in [-0.39, 0.29) is 0 Å². The minimum Gasteiger partial charge on any atom is -0.294 e. The van der Waals surface area contributed by atoms with E-state index in [0.29, 0.717) is 24.4 Å². The molecule has 3 heteroatoms. The van der Waals surface area contributed by atoms with Gasteiger partial charge in [-0.15, -0.1) is 0 Å². The average Bonchev–Trinajstić information content (AvgIpc) is 3.18. The minimum atomic E-state index is -0.595. The molecular formula is C27H37FN2. The number of hydrogen-bond donors (Lipinski definition) is 0. The van der Waals surface area contributed by atoms with Gasteiger partial charge in [-0.2, -0.15) is 5.26 Å². The lowest BCUT2D eigenvalue weighted by Crippen LogP contribution is -2.38. The Morgan fingerprint density at radius 2 is 1.63 bits per heavy atom. The summed E-state index contributed by atoms with van der Waals surface area (Å²) in [6.07, 6.45) is 4.09. The van der Waals surface area contributed by atoms with Crippen LogP contribution in [-0.4, -0.2) is 23.2 Å². The number of aryl methyl sites for hydroxylation is 1. The molecule has 2 aromatic carbocycles. The van der Waals surface area contributed by atoms with Crippen molar-refractivity contribution in [2.24, 2.45) is 0 Å². The zero-order chi connectivity index (χ0) is 21.9. The third kappa shape index (κ3) is 7.58. The number of halogens is 1. The highest BCUT2D eigenvalue weighted by molar-refractivity contribution is 5.26. The van der Waals surface area contributed by atoms with Crippen molar-refractivity contribution in [2.75, 3.05) is 0 Å². The Bertz CT molecular complexity index is 764. The van der Waals surface area contributed by atoms with E-state index in [1.807, 2.05) is 0 Å². The Morgan fingerprint density at radius 3 is 2.17 bits per heavy atom. The van der Waals surface area contributed by atoms with Crippen LogP contribution in [0.3, 0.4) is 0 Å². The molecule has 0 aromatic heterocycles. The minimum absolute atomic E-state index is 0.426. The van der Waals surface area contributed by atoms with Gasteiger partial charge in [-0.05, 0) is 75.5 Å². The molecule has 0 amide bonds. The van der Waals surface area contributed by atoms with Gasteiger partial charge >= 0.3 is 0 Å². The van der Waals surface area contributed by atoms with Crippen molar-refractivity contribution < 1.29 is 4.39 Å². The van der Waals surface area contributed by atoms with E-state index in [2.05, 4.69) is 80.3 Å². The number of hydrogen-bond acceptors (Lipinski definition) is 2. The highest BCUT2D eigenvalue weighted by Crippen LogP contribution is 2.36. The van der Waals surface area contributed by atoms with Crippen LogP contribution in [0.25, 0.3) is 0 Å². The summed E-state index contributed by atoms with van der Waals surface area (Å²) in [5.74, 6) is 0.426. The highest BCUT2D eigenvalue weighted by atomic mass is 19.1. The molecule has 0 saturated heterocycles. The Morgan fingerprint density at radius 1 is 1.00 bits per heavy atom. The van der Waals surface area contributed by atoms with E-state index < -0.39 is 6.17 Å². The summed E-state index contributed by atoms with van der Waals surface area (Å²) in [4.78, 5) is 2.59. The Kier molecular flexibility index (Phi) is 10.0. The summed E-state index contributed by atoms with van der Waals surface area (Å²) < 4.78 is 13.4. The highest BCUT2D eigenvalue weighted by Gasteiger charge is 2.25. The zero-order valence-electron chi connectivity index (χ0n) is 19.0. The molecule has 1 fully saturated rings. The van der Waals surface area contributed by atoms with Crippen molar-refractivity contribution in [3.05, 3.63) is 71.3 Å². The first kappa shape index (κ1) is 24.1. The second-order valence-electron chi connectivity index (χ2n) is 8.71. The van der Waals surface area contributed by atoms with Crippen LogP contribution in [0.4, 0.5) is 4.39 Å². The molecule has 1 saturated carbocycles. The second kappa shape index (κ2) is 12.5. The lowest BCUT2D eigenvalue weighted by Gasteiger charge is -2.33. The molecular weight excluding hydrogens is 371 g/mol. The van der Waals surface area contributed by atoms with Gasteiger partial charge in [0.1, 0.15) is 6.17 Å². The fourth-order valence-corrected chi connectivity index (χ4v) is 4.37. The van der Waals surface area contributed by atoms with Crippen LogP contribution in [0, 0.1) is 11.3 Å². The van der Waals surface area contributed by atoms with Crippen LogP contribution in [0.2, 0.25) is 0 Å². The lowest BCUT2D eigenvalue weighted by molar-refractivity contribution is 0.147. The number of benzene rings is 2. The topological polar surface area (TPSA) is 27.0 Å². The van der Waals surface area contributed by atoms with Gasteiger partial charge in [0.15, 0.2) is 0 Å². The van der Waals surface area contributed by atoms with Gasteiger partial charge in [-0.1, -0.05) is 54.6 Å². The van der Waals surface area contributed by atoms with Crippen LogP contribution in [0.15, 0.2) is 54.6 Å². The van der Waals surface area contributed by atoms with E-state index >= 15 is 0 Å². The molecule has 162 valence electrons. The SMILES string of the molecule is CC#N.CC(C)N(Cc1ccccc1)C(C)CCc1ccc(C2CCC(F)C2)cc1. The maximum atomic E-state index is 13.4. The van der Waals surface area contributed by atoms with Gasteiger partial charge in [0.25, 0.3) is 0 Å². The van der Waals surface area contributed by atoms with E-state index in [1.54, 1.807) is 6.07 Å². The lowest BCUT2D eigenvalue weighted by atomic mass is 9.95. The summed E-state index contributed by atoms with van der Waals surface area (Å²) in [5, 5.41) is 7.32. The van der Waals surface area contributed by atoms with Gasteiger partial charge in [0.2, 0.25) is 0 Å². The summed E-state index contributed by atoms with van der Waals surface area (Å²) in [5.41, 5.74) is 4.09. The maximum Gasteiger partial charge on any atom is 0.101 e. The van der Waals surface area contributed by atoms with Gasteiger partial charge in [0.05, 0.1) is 6.07 Å². The third-order valence-corrected chi connectivity index (χ3v) is 6.11. The van der Waals surface area contributed by atoms with Gasteiger partial charge in [0, 0.05) is 25.6 Å². The molecule has 3 unspecified atom stereocenters. The second-order valence-corrected chi connectivity index (χ2v) is 8.71. The third-order valence-electron chi connectivity index (χ3n) is 6.11. The molecule has 30 heavy (non-hydrogen) atoms. The molecule has 3 rings (SSSR count). The van der Waals surface area contributed by atoms with E-state index in [0.717, 1.165) is 32.2 Å².